The van der Waals surface area contributed by atoms with Crippen molar-refractivity contribution in [1.82, 2.24) is 0 Å². The average molecular weight is 216 g/mol. The number of hydrogen-bond acceptors (Lipinski definition) is 3. The van der Waals surface area contributed by atoms with Crippen LogP contribution in [-0.2, 0) is 14.6 Å². The highest BCUT2D eigenvalue weighted by Crippen LogP contribution is 2.10. The molecule has 1 N–H and O–H groups in total. The van der Waals surface area contributed by atoms with E-state index < -0.39 is 39.7 Å². The van der Waals surface area contributed by atoms with Gasteiger partial charge in [-0.05, 0) is 6.92 Å². The summed E-state index contributed by atoms with van der Waals surface area (Å²) in [7, 11) is -3.99. The van der Waals surface area contributed by atoms with Gasteiger partial charge in [-0.2, -0.15) is 0 Å². The Kier molecular flexibility index (Phi) is 4.25. The minimum absolute atomic E-state index is 0.644. The summed E-state index contributed by atoms with van der Waals surface area (Å²) in [6, 6.07) is 0. The van der Waals surface area contributed by atoms with Crippen LogP contribution in [0.5, 0.6) is 0 Å². The van der Waals surface area contributed by atoms with E-state index in [1.807, 2.05) is 0 Å². The van der Waals surface area contributed by atoms with Crippen molar-refractivity contribution in [1.29, 1.82) is 0 Å². The molecule has 0 aromatic rings. The molecular formula is C6H10F2O4S. The summed E-state index contributed by atoms with van der Waals surface area (Å²) in [5.74, 6) is -2.59. The van der Waals surface area contributed by atoms with Crippen molar-refractivity contribution in [2.75, 3.05) is 5.75 Å². The van der Waals surface area contributed by atoms with E-state index in [0.29, 0.717) is 0 Å². The van der Waals surface area contributed by atoms with Crippen molar-refractivity contribution in [3.8, 4) is 0 Å². The van der Waals surface area contributed by atoms with Gasteiger partial charge < -0.3 is 5.11 Å². The van der Waals surface area contributed by atoms with Crippen LogP contribution in [0.2, 0.25) is 0 Å². The molecule has 0 aliphatic rings. The molecule has 0 fully saturated rings. The van der Waals surface area contributed by atoms with E-state index in [2.05, 4.69) is 0 Å². The third-order valence-corrected chi connectivity index (χ3v) is 3.54. The van der Waals surface area contributed by atoms with E-state index in [9.17, 15) is 22.0 Å². The number of hydrogen-bond donors (Lipinski definition) is 1. The standard InChI is InChI=1S/C6H10F2O4S/c1-4(2-6(9)10)13(11,12)3-5(7)8/h4-5H,2-3H2,1H3,(H,9,10). The molecule has 0 aliphatic carbocycles. The van der Waals surface area contributed by atoms with E-state index >= 15 is 0 Å². The molecule has 13 heavy (non-hydrogen) atoms. The first-order valence-corrected chi connectivity index (χ1v) is 5.18. The van der Waals surface area contributed by atoms with Gasteiger partial charge in [-0.15, -0.1) is 0 Å². The maximum absolute atomic E-state index is 11.7. The van der Waals surface area contributed by atoms with Crippen LogP contribution in [0.3, 0.4) is 0 Å². The lowest BCUT2D eigenvalue weighted by Crippen LogP contribution is -2.26. The predicted molar refractivity (Wildman–Crippen MR) is 41.5 cm³/mol. The number of carboxylic acid groups (broad SMARTS) is 1. The van der Waals surface area contributed by atoms with Crippen LogP contribution >= 0.6 is 0 Å². The number of alkyl halides is 2. The molecule has 0 saturated carbocycles. The lowest BCUT2D eigenvalue weighted by atomic mass is 10.3. The number of carbonyl (C=O) groups is 1. The van der Waals surface area contributed by atoms with Crippen LogP contribution < -0.4 is 0 Å². The van der Waals surface area contributed by atoms with Gasteiger partial charge in [0.1, 0.15) is 5.75 Å². The zero-order valence-corrected chi connectivity index (χ0v) is 7.72. The van der Waals surface area contributed by atoms with Crippen molar-refractivity contribution < 1.29 is 27.1 Å². The number of rotatable bonds is 5. The zero-order valence-electron chi connectivity index (χ0n) is 6.91. The van der Waals surface area contributed by atoms with Crippen molar-refractivity contribution in [3.63, 3.8) is 0 Å². The Morgan fingerprint density at radius 3 is 2.23 bits per heavy atom. The summed E-state index contributed by atoms with van der Waals surface area (Å²) >= 11 is 0. The molecule has 0 spiro atoms. The predicted octanol–water partition coefficient (Wildman–Crippen LogP) is 0.529. The molecule has 0 aromatic carbocycles. The summed E-state index contributed by atoms with van der Waals surface area (Å²) in [6.07, 6.45) is -3.60. The third-order valence-electron chi connectivity index (χ3n) is 1.43. The van der Waals surface area contributed by atoms with Gasteiger partial charge in [0.15, 0.2) is 9.84 Å². The second kappa shape index (κ2) is 4.50. The van der Waals surface area contributed by atoms with Crippen molar-refractivity contribution in [3.05, 3.63) is 0 Å². The first kappa shape index (κ1) is 12.3. The van der Waals surface area contributed by atoms with Crippen LogP contribution in [0.4, 0.5) is 8.78 Å². The van der Waals surface area contributed by atoms with Crippen LogP contribution in [0.1, 0.15) is 13.3 Å². The smallest absolute Gasteiger partial charge is 0.304 e. The normalized spacial score (nSPS) is 14.5. The van der Waals surface area contributed by atoms with E-state index in [1.54, 1.807) is 0 Å². The maximum atomic E-state index is 11.7. The van der Waals surface area contributed by atoms with Crippen LogP contribution in [-0.4, -0.2) is 36.9 Å². The van der Waals surface area contributed by atoms with Crippen molar-refractivity contribution in [2.24, 2.45) is 0 Å². The lowest BCUT2D eigenvalue weighted by Gasteiger charge is -2.09. The number of aliphatic carboxylic acids is 1. The second-order valence-electron chi connectivity index (χ2n) is 2.63. The molecule has 0 saturated heterocycles. The molecule has 1 atom stereocenters. The third kappa shape index (κ3) is 4.76. The second-order valence-corrected chi connectivity index (χ2v) is 5.09. The Bertz CT molecular complexity index is 272. The topological polar surface area (TPSA) is 71.4 Å². The highest BCUT2D eigenvalue weighted by molar-refractivity contribution is 7.92. The van der Waals surface area contributed by atoms with Gasteiger partial charge in [0, 0.05) is 0 Å². The molecule has 0 bridgehead atoms. The number of halogens is 2. The molecule has 7 heteroatoms. The van der Waals surface area contributed by atoms with Gasteiger partial charge in [0.25, 0.3) is 6.43 Å². The van der Waals surface area contributed by atoms with Crippen molar-refractivity contribution in [2.45, 2.75) is 25.0 Å². The molecule has 0 heterocycles. The van der Waals surface area contributed by atoms with Gasteiger partial charge in [0.2, 0.25) is 0 Å². The van der Waals surface area contributed by atoms with Gasteiger partial charge in [0.05, 0.1) is 11.7 Å². The summed E-state index contributed by atoms with van der Waals surface area (Å²) < 4.78 is 45.3. The molecule has 78 valence electrons. The molecule has 0 aliphatic heterocycles. The molecule has 0 aromatic heterocycles. The fraction of sp³-hybridized carbons (Fsp3) is 0.833. The lowest BCUT2D eigenvalue weighted by molar-refractivity contribution is -0.136. The highest BCUT2D eigenvalue weighted by Gasteiger charge is 2.26. The van der Waals surface area contributed by atoms with Gasteiger partial charge in [-0.1, -0.05) is 0 Å². The monoisotopic (exact) mass is 216 g/mol. The summed E-state index contributed by atoms with van der Waals surface area (Å²) in [5, 5.41) is 6.96. The van der Waals surface area contributed by atoms with Gasteiger partial charge >= 0.3 is 5.97 Å². The Morgan fingerprint density at radius 1 is 1.46 bits per heavy atom. The minimum atomic E-state index is -3.99. The quantitative estimate of drug-likeness (QED) is 0.727. The SMILES string of the molecule is CC(CC(=O)O)S(=O)(=O)CC(F)F. The summed E-state index contributed by atoms with van der Waals surface area (Å²) in [5.41, 5.74) is 0. The number of sulfone groups is 1. The first-order valence-electron chi connectivity index (χ1n) is 3.47. The maximum Gasteiger partial charge on any atom is 0.304 e. The Balaban J connectivity index is 4.37. The Morgan fingerprint density at radius 2 is 1.92 bits per heavy atom. The van der Waals surface area contributed by atoms with E-state index in [4.69, 9.17) is 5.11 Å². The first-order chi connectivity index (χ1) is 5.75. The summed E-state index contributed by atoms with van der Waals surface area (Å²) in [6.45, 7) is 1.10. The Labute approximate surface area is 74.5 Å². The molecule has 0 radical (unpaired) electrons. The fourth-order valence-corrected chi connectivity index (χ4v) is 1.79. The minimum Gasteiger partial charge on any atom is -0.481 e. The molecule has 0 rings (SSSR count). The van der Waals surface area contributed by atoms with E-state index in [-0.39, 0.29) is 0 Å². The van der Waals surface area contributed by atoms with Crippen LogP contribution in [0.15, 0.2) is 0 Å². The Hall–Kier alpha value is -0.720. The average Bonchev–Trinajstić information content (AvgIpc) is 1.81. The van der Waals surface area contributed by atoms with Gasteiger partial charge in [-0.3, -0.25) is 4.79 Å². The molecular weight excluding hydrogens is 206 g/mol. The van der Waals surface area contributed by atoms with Crippen molar-refractivity contribution >= 4 is 15.8 Å². The largest absolute Gasteiger partial charge is 0.481 e. The summed E-state index contributed by atoms with van der Waals surface area (Å²) in [4.78, 5) is 10.1. The van der Waals surface area contributed by atoms with E-state index in [1.165, 1.54) is 0 Å². The zero-order chi connectivity index (χ0) is 10.6. The molecule has 0 amide bonds. The molecule has 4 nitrogen and oxygen atoms in total. The number of carboxylic acids is 1. The van der Waals surface area contributed by atoms with Gasteiger partial charge in [-0.25, -0.2) is 17.2 Å². The fourth-order valence-electron chi connectivity index (χ4n) is 0.713. The van der Waals surface area contributed by atoms with Crippen LogP contribution in [0.25, 0.3) is 0 Å². The molecule has 1 unspecified atom stereocenters. The van der Waals surface area contributed by atoms with Crippen LogP contribution in [0, 0.1) is 0 Å². The van der Waals surface area contributed by atoms with E-state index in [0.717, 1.165) is 6.92 Å². The highest BCUT2D eigenvalue weighted by atomic mass is 32.2.